The van der Waals surface area contributed by atoms with Gasteiger partial charge in [-0.2, -0.15) is 5.10 Å². The van der Waals surface area contributed by atoms with Crippen LogP contribution >= 0.6 is 0 Å². The summed E-state index contributed by atoms with van der Waals surface area (Å²) < 4.78 is 2.04. The van der Waals surface area contributed by atoms with Crippen molar-refractivity contribution in [3.8, 4) is 0 Å². The van der Waals surface area contributed by atoms with E-state index in [0.717, 1.165) is 50.8 Å². The summed E-state index contributed by atoms with van der Waals surface area (Å²) >= 11 is 0. The maximum atomic E-state index is 11.5. The fraction of sp³-hybridized carbons (Fsp3) is 0.750. The molecular formula is C16H26N2O2. The lowest BCUT2D eigenvalue weighted by Crippen LogP contribution is -2.25. The van der Waals surface area contributed by atoms with Gasteiger partial charge in [0.2, 0.25) is 0 Å². The molecule has 1 aliphatic carbocycles. The van der Waals surface area contributed by atoms with E-state index in [9.17, 15) is 9.90 Å². The van der Waals surface area contributed by atoms with Crippen LogP contribution in [0, 0.1) is 11.8 Å². The van der Waals surface area contributed by atoms with Crippen molar-refractivity contribution in [3.05, 3.63) is 17.5 Å². The third-order valence-corrected chi connectivity index (χ3v) is 4.52. The molecule has 0 radical (unpaired) electrons. The highest BCUT2D eigenvalue weighted by atomic mass is 16.4. The Hall–Kier alpha value is -1.32. The first-order valence-corrected chi connectivity index (χ1v) is 7.94. The van der Waals surface area contributed by atoms with Gasteiger partial charge in [0, 0.05) is 12.2 Å². The zero-order valence-electron chi connectivity index (χ0n) is 12.6. The minimum Gasteiger partial charge on any atom is -0.481 e. The molecule has 2 atom stereocenters. The van der Waals surface area contributed by atoms with Gasteiger partial charge in [-0.3, -0.25) is 9.48 Å². The number of carbonyl (C=O) groups is 1. The Morgan fingerprint density at radius 1 is 1.35 bits per heavy atom. The van der Waals surface area contributed by atoms with Gasteiger partial charge in [-0.05, 0) is 44.6 Å². The van der Waals surface area contributed by atoms with Crippen molar-refractivity contribution >= 4 is 5.97 Å². The summed E-state index contributed by atoms with van der Waals surface area (Å²) in [7, 11) is 0. The summed E-state index contributed by atoms with van der Waals surface area (Å²) in [6.07, 6.45) is 7.06. The molecule has 0 aromatic carbocycles. The predicted octanol–water partition coefficient (Wildman–Crippen LogP) is 3.29. The fourth-order valence-electron chi connectivity index (χ4n) is 3.35. The van der Waals surface area contributed by atoms with Crippen molar-refractivity contribution < 1.29 is 9.90 Å². The van der Waals surface area contributed by atoms with Crippen molar-refractivity contribution in [2.45, 2.75) is 65.3 Å². The summed E-state index contributed by atoms with van der Waals surface area (Å²) in [5.74, 6) is -0.528. The number of carboxylic acid groups (broad SMARTS) is 1. The van der Waals surface area contributed by atoms with Crippen LogP contribution in [0.5, 0.6) is 0 Å². The molecule has 4 heteroatoms. The Kier molecular flexibility index (Phi) is 5.21. The third-order valence-electron chi connectivity index (χ3n) is 4.52. The normalized spacial score (nSPS) is 23.5. The SMILES string of the molecule is CCc1cc(CC2CCCCCC2C(=O)O)n(CC)n1. The summed E-state index contributed by atoms with van der Waals surface area (Å²) in [6.45, 7) is 5.06. The van der Waals surface area contributed by atoms with Crippen LogP contribution in [0.1, 0.15) is 57.3 Å². The predicted molar refractivity (Wildman–Crippen MR) is 78.7 cm³/mol. The van der Waals surface area contributed by atoms with Crippen LogP contribution in [0.4, 0.5) is 0 Å². The van der Waals surface area contributed by atoms with E-state index >= 15 is 0 Å². The van der Waals surface area contributed by atoms with Crippen LogP contribution in [0.3, 0.4) is 0 Å². The van der Waals surface area contributed by atoms with Crippen molar-refractivity contribution in [1.82, 2.24) is 9.78 Å². The molecule has 1 N–H and O–H groups in total. The fourth-order valence-corrected chi connectivity index (χ4v) is 3.35. The van der Waals surface area contributed by atoms with Gasteiger partial charge < -0.3 is 5.11 Å². The van der Waals surface area contributed by atoms with Crippen LogP contribution < -0.4 is 0 Å². The first kappa shape index (κ1) is 15.1. The van der Waals surface area contributed by atoms with Gasteiger partial charge in [0.1, 0.15) is 0 Å². The largest absolute Gasteiger partial charge is 0.481 e. The van der Waals surface area contributed by atoms with Crippen LogP contribution in [0.15, 0.2) is 6.07 Å². The molecule has 2 unspecified atom stereocenters. The topological polar surface area (TPSA) is 55.1 Å². The zero-order chi connectivity index (χ0) is 14.5. The van der Waals surface area contributed by atoms with Gasteiger partial charge in [0.15, 0.2) is 0 Å². The Morgan fingerprint density at radius 3 is 2.75 bits per heavy atom. The molecule has 1 saturated carbocycles. The number of hydrogen-bond donors (Lipinski definition) is 1. The van der Waals surface area contributed by atoms with Crippen molar-refractivity contribution in [1.29, 1.82) is 0 Å². The van der Waals surface area contributed by atoms with E-state index in [2.05, 4.69) is 25.0 Å². The van der Waals surface area contributed by atoms with E-state index < -0.39 is 5.97 Å². The molecule has 1 fully saturated rings. The molecule has 1 aliphatic rings. The van der Waals surface area contributed by atoms with E-state index in [4.69, 9.17) is 0 Å². The third kappa shape index (κ3) is 3.41. The van der Waals surface area contributed by atoms with Crippen molar-refractivity contribution in [2.75, 3.05) is 0 Å². The molecule has 1 heterocycles. The van der Waals surface area contributed by atoms with Gasteiger partial charge >= 0.3 is 5.97 Å². The van der Waals surface area contributed by atoms with Gasteiger partial charge in [-0.25, -0.2) is 0 Å². The average Bonchev–Trinajstić information content (AvgIpc) is 2.67. The standard InChI is InChI=1S/C16H26N2O2/c1-3-13-11-14(18(4-2)17-13)10-12-8-6-5-7-9-15(12)16(19)20/h11-12,15H,3-10H2,1-2H3,(H,19,20). The second-order valence-electron chi connectivity index (χ2n) is 5.84. The van der Waals surface area contributed by atoms with Gasteiger partial charge in [-0.1, -0.05) is 26.2 Å². The van der Waals surface area contributed by atoms with Crippen molar-refractivity contribution in [3.63, 3.8) is 0 Å². The highest BCUT2D eigenvalue weighted by Gasteiger charge is 2.30. The molecule has 0 bridgehead atoms. The molecule has 0 aliphatic heterocycles. The summed E-state index contributed by atoms with van der Waals surface area (Å²) in [6, 6.07) is 2.16. The highest BCUT2D eigenvalue weighted by Crippen LogP contribution is 2.31. The number of rotatable bonds is 5. The lowest BCUT2D eigenvalue weighted by molar-refractivity contribution is -0.143. The lowest BCUT2D eigenvalue weighted by Gasteiger charge is -2.21. The summed E-state index contributed by atoms with van der Waals surface area (Å²) in [5, 5.41) is 14.0. The summed E-state index contributed by atoms with van der Waals surface area (Å²) in [4.78, 5) is 11.5. The first-order chi connectivity index (χ1) is 9.65. The smallest absolute Gasteiger partial charge is 0.306 e. The van der Waals surface area contributed by atoms with Crippen LogP contribution in [0.25, 0.3) is 0 Å². The average molecular weight is 278 g/mol. The maximum absolute atomic E-state index is 11.5. The molecule has 4 nitrogen and oxygen atoms in total. The number of hydrogen-bond acceptors (Lipinski definition) is 2. The number of carboxylic acids is 1. The van der Waals surface area contributed by atoms with E-state index in [0.29, 0.717) is 0 Å². The maximum Gasteiger partial charge on any atom is 0.306 e. The minimum absolute atomic E-state index is 0.178. The molecule has 0 spiro atoms. The van der Waals surface area contributed by atoms with E-state index in [-0.39, 0.29) is 11.8 Å². The molecule has 20 heavy (non-hydrogen) atoms. The second-order valence-corrected chi connectivity index (χ2v) is 5.84. The zero-order valence-corrected chi connectivity index (χ0v) is 12.6. The number of nitrogens with zero attached hydrogens (tertiary/aromatic N) is 2. The number of aryl methyl sites for hydroxylation is 2. The first-order valence-electron chi connectivity index (χ1n) is 7.94. The molecule has 112 valence electrons. The molecule has 1 aromatic heterocycles. The highest BCUT2D eigenvalue weighted by molar-refractivity contribution is 5.70. The molecule has 1 aromatic rings. The molecule has 2 rings (SSSR count). The Morgan fingerprint density at radius 2 is 2.10 bits per heavy atom. The van der Waals surface area contributed by atoms with Gasteiger partial charge in [0.25, 0.3) is 0 Å². The molecule has 0 saturated heterocycles. The van der Waals surface area contributed by atoms with Crippen LogP contribution in [-0.4, -0.2) is 20.9 Å². The minimum atomic E-state index is -0.616. The van der Waals surface area contributed by atoms with Gasteiger partial charge in [-0.15, -0.1) is 0 Å². The number of aliphatic carboxylic acids is 1. The van der Waals surface area contributed by atoms with E-state index in [1.165, 1.54) is 12.1 Å². The molecule has 0 amide bonds. The van der Waals surface area contributed by atoms with Gasteiger partial charge in [0.05, 0.1) is 11.6 Å². The number of aromatic nitrogens is 2. The summed E-state index contributed by atoms with van der Waals surface area (Å²) in [5.41, 5.74) is 2.32. The quantitative estimate of drug-likeness (QED) is 0.841. The lowest BCUT2D eigenvalue weighted by atomic mass is 9.84. The van der Waals surface area contributed by atoms with Crippen molar-refractivity contribution in [2.24, 2.45) is 11.8 Å². The Balaban J connectivity index is 2.16. The monoisotopic (exact) mass is 278 g/mol. The van der Waals surface area contributed by atoms with E-state index in [1.807, 2.05) is 4.68 Å². The Bertz CT molecular complexity index is 453. The molecular weight excluding hydrogens is 252 g/mol. The second kappa shape index (κ2) is 6.91. The Labute approximate surface area is 121 Å². The van der Waals surface area contributed by atoms with E-state index in [1.54, 1.807) is 0 Å². The van der Waals surface area contributed by atoms with Crippen LogP contribution in [-0.2, 0) is 24.2 Å². The van der Waals surface area contributed by atoms with Crippen LogP contribution in [0.2, 0.25) is 0 Å².